The van der Waals surface area contributed by atoms with Crippen LogP contribution in [0, 0.1) is 11.8 Å². The van der Waals surface area contributed by atoms with Gasteiger partial charge >= 0.3 is 5.97 Å². The van der Waals surface area contributed by atoms with Crippen LogP contribution in [0.3, 0.4) is 0 Å². The van der Waals surface area contributed by atoms with Crippen LogP contribution in [0.1, 0.15) is 29.8 Å². The fourth-order valence-electron chi connectivity index (χ4n) is 4.00. The zero-order valence-corrected chi connectivity index (χ0v) is 14.9. The van der Waals surface area contributed by atoms with Crippen molar-refractivity contribution in [2.45, 2.75) is 25.4 Å². The summed E-state index contributed by atoms with van der Waals surface area (Å²) in [5.41, 5.74) is 1.17. The molecule has 1 aromatic carbocycles. The van der Waals surface area contributed by atoms with E-state index in [1.165, 1.54) is 0 Å². The Bertz CT molecular complexity index is 814. The second kappa shape index (κ2) is 7.48. The van der Waals surface area contributed by atoms with Crippen molar-refractivity contribution in [1.82, 2.24) is 19.9 Å². The van der Waals surface area contributed by atoms with E-state index in [2.05, 4.69) is 10.3 Å². The number of benzene rings is 1. The van der Waals surface area contributed by atoms with E-state index in [1.54, 1.807) is 15.8 Å². The third-order valence-corrected chi connectivity index (χ3v) is 5.48. The average Bonchev–Trinajstić information content (AvgIpc) is 3.38. The Labute approximate surface area is 156 Å². The lowest BCUT2D eigenvalue weighted by molar-refractivity contribution is -0.145. The molecular weight excluding hydrogens is 348 g/mol. The SMILES string of the molecule is O=C(O)C1CCO[C@H]1C1CCN(C(=O)c2cn(-c3ccccc3)nn2)CC1. The molecule has 8 nitrogen and oxygen atoms in total. The van der Waals surface area contributed by atoms with Gasteiger partial charge in [0.2, 0.25) is 0 Å². The normalized spacial score (nSPS) is 23.5. The third-order valence-electron chi connectivity index (χ3n) is 5.48. The molecule has 8 heteroatoms. The van der Waals surface area contributed by atoms with E-state index in [-0.39, 0.29) is 17.9 Å². The first-order chi connectivity index (χ1) is 13.1. The lowest BCUT2D eigenvalue weighted by Crippen LogP contribution is -2.43. The molecule has 0 saturated carbocycles. The number of aliphatic carboxylic acids is 1. The standard InChI is InChI=1S/C19H22N4O4/c24-18(16-12-23(21-20-16)14-4-2-1-3-5-14)22-9-6-13(7-10-22)17-15(19(25)26)8-11-27-17/h1-5,12-13,15,17H,6-11H2,(H,25,26)/t15?,17-/m0/s1. The third kappa shape index (κ3) is 3.57. The van der Waals surface area contributed by atoms with E-state index in [1.807, 2.05) is 30.3 Å². The molecule has 0 radical (unpaired) electrons. The van der Waals surface area contributed by atoms with Crippen LogP contribution in [0.4, 0.5) is 0 Å². The maximum Gasteiger partial charge on any atom is 0.309 e. The Morgan fingerprint density at radius 3 is 2.56 bits per heavy atom. The van der Waals surface area contributed by atoms with E-state index in [0.717, 1.165) is 18.5 Å². The van der Waals surface area contributed by atoms with Gasteiger partial charge < -0.3 is 14.7 Å². The van der Waals surface area contributed by atoms with Gasteiger partial charge in [0.25, 0.3) is 5.91 Å². The first-order valence-corrected chi connectivity index (χ1v) is 9.25. The van der Waals surface area contributed by atoms with Crippen LogP contribution in [0.25, 0.3) is 5.69 Å². The molecule has 2 fully saturated rings. The number of carboxylic acids is 1. The summed E-state index contributed by atoms with van der Waals surface area (Å²) in [5.74, 6) is -1.17. The number of hydrogen-bond donors (Lipinski definition) is 1. The number of nitrogens with zero attached hydrogens (tertiary/aromatic N) is 4. The first kappa shape index (κ1) is 17.7. The predicted molar refractivity (Wildman–Crippen MR) is 95.5 cm³/mol. The second-order valence-electron chi connectivity index (χ2n) is 7.08. The van der Waals surface area contributed by atoms with Gasteiger partial charge in [-0.25, -0.2) is 4.68 Å². The molecule has 2 aliphatic heterocycles. The number of piperidine rings is 1. The summed E-state index contributed by atoms with van der Waals surface area (Å²) >= 11 is 0. The van der Waals surface area contributed by atoms with Crippen molar-refractivity contribution in [2.75, 3.05) is 19.7 Å². The molecule has 27 heavy (non-hydrogen) atoms. The molecule has 0 bridgehead atoms. The maximum absolute atomic E-state index is 12.7. The Hall–Kier alpha value is -2.74. The Balaban J connectivity index is 1.38. The number of rotatable bonds is 4. The number of likely N-dealkylation sites (tertiary alicyclic amines) is 1. The summed E-state index contributed by atoms with van der Waals surface area (Å²) in [6.45, 7) is 1.66. The number of ether oxygens (including phenoxy) is 1. The van der Waals surface area contributed by atoms with Crippen LogP contribution >= 0.6 is 0 Å². The van der Waals surface area contributed by atoms with E-state index in [4.69, 9.17) is 4.74 Å². The minimum Gasteiger partial charge on any atom is -0.481 e. The van der Waals surface area contributed by atoms with Gasteiger partial charge in [0.15, 0.2) is 5.69 Å². The smallest absolute Gasteiger partial charge is 0.309 e. The van der Waals surface area contributed by atoms with Crippen molar-refractivity contribution < 1.29 is 19.4 Å². The first-order valence-electron chi connectivity index (χ1n) is 9.25. The minimum atomic E-state index is -0.784. The van der Waals surface area contributed by atoms with Crippen LogP contribution in [-0.4, -0.2) is 62.7 Å². The summed E-state index contributed by atoms with van der Waals surface area (Å²) in [5, 5.41) is 17.4. The molecule has 0 aliphatic carbocycles. The fraction of sp³-hybridized carbons (Fsp3) is 0.474. The maximum atomic E-state index is 12.7. The van der Waals surface area contributed by atoms with Crippen LogP contribution in [-0.2, 0) is 9.53 Å². The topological polar surface area (TPSA) is 97.6 Å². The number of aromatic nitrogens is 3. The average molecular weight is 370 g/mol. The summed E-state index contributed by atoms with van der Waals surface area (Å²) < 4.78 is 7.28. The molecular formula is C19H22N4O4. The van der Waals surface area contributed by atoms with E-state index in [9.17, 15) is 14.7 Å². The van der Waals surface area contributed by atoms with Crippen molar-refractivity contribution in [2.24, 2.45) is 11.8 Å². The van der Waals surface area contributed by atoms with Crippen molar-refractivity contribution in [3.63, 3.8) is 0 Å². The second-order valence-corrected chi connectivity index (χ2v) is 7.08. The highest BCUT2D eigenvalue weighted by atomic mass is 16.5. The largest absolute Gasteiger partial charge is 0.481 e. The highest BCUT2D eigenvalue weighted by Crippen LogP contribution is 2.33. The van der Waals surface area contributed by atoms with Gasteiger partial charge in [-0.1, -0.05) is 23.4 Å². The molecule has 2 aromatic rings. The molecule has 1 amide bonds. The zero-order valence-electron chi connectivity index (χ0n) is 14.9. The summed E-state index contributed by atoms with van der Waals surface area (Å²) in [7, 11) is 0. The van der Waals surface area contributed by atoms with Crippen LogP contribution in [0.5, 0.6) is 0 Å². The monoisotopic (exact) mass is 370 g/mol. The lowest BCUT2D eigenvalue weighted by atomic mass is 9.84. The molecule has 2 aliphatic rings. The number of carboxylic acid groups (broad SMARTS) is 1. The highest BCUT2D eigenvalue weighted by molar-refractivity contribution is 5.92. The predicted octanol–water partition coefficient (Wildman–Crippen LogP) is 1.61. The Morgan fingerprint density at radius 2 is 1.85 bits per heavy atom. The van der Waals surface area contributed by atoms with Gasteiger partial charge in [0, 0.05) is 19.7 Å². The van der Waals surface area contributed by atoms with E-state index >= 15 is 0 Å². The number of para-hydroxylation sites is 1. The van der Waals surface area contributed by atoms with E-state index in [0.29, 0.717) is 31.8 Å². The van der Waals surface area contributed by atoms with Gasteiger partial charge in [0.1, 0.15) is 0 Å². The fourth-order valence-corrected chi connectivity index (χ4v) is 4.00. The van der Waals surface area contributed by atoms with Gasteiger partial charge in [-0.3, -0.25) is 9.59 Å². The van der Waals surface area contributed by atoms with Crippen LogP contribution in [0.15, 0.2) is 36.5 Å². The van der Waals surface area contributed by atoms with Gasteiger partial charge in [-0.2, -0.15) is 0 Å². The number of hydrogen-bond acceptors (Lipinski definition) is 5. The quantitative estimate of drug-likeness (QED) is 0.878. The Kier molecular flexibility index (Phi) is 4.89. The van der Waals surface area contributed by atoms with Crippen LogP contribution < -0.4 is 0 Å². The number of carbonyl (C=O) groups excluding carboxylic acids is 1. The van der Waals surface area contributed by atoms with Crippen molar-refractivity contribution in [3.05, 3.63) is 42.2 Å². The van der Waals surface area contributed by atoms with Gasteiger partial charge in [-0.15, -0.1) is 5.10 Å². The van der Waals surface area contributed by atoms with Gasteiger partial charge in [-0.05, 0) is 37.3 Å². The summed E-state index contributed by atoms with van der Waals surface area (Å²) in [6.07, 6.45) is 3.46. The highest BCUT2D eigenvalue weighted by Gasteiger charge is 2.41. The minimum absolute atomic E-state index is 0.141. The molecule has 1 N–H and O–H groups in total. The molecule has 4 rings (SSSR count). The molecule has 1 unspecified atom stereocenters. The molecule has 0 spiro atoms. The van der Waals surface area contributed by atoms with Crippen LogP contribution in [0.2, 0.25) is 0 Å². The molecule has 2 atom stereocenters. The van der Waals surface area contributed by atoms with Crippen molar-refractivity contribution in [1.29, 1.82) is 0 Å². The van der Waals surface area contributed by atoms with E-state index < -0.39 is 11.9 Å². The lowest BCUT2D eigenvalue weighted by Gasteiger charge is -2.35. The molecule has 1 aromatic heterocycles. The van der Waals surface area contributed by atoms with Gasteiger partial charge in [0.05, 0.1) is 23.9 Å². The number of carbonyl (C=O) groups is 2. The summed E-state index contributed by atoms with van der Waals surface area (Å²) in [4.78, 5) is 25.9. The molecule has 3 heterocycles. The molecule has 142 valence electrons. The van der Waals surface area contributed by atoms with Crippen molar-refractivity contribution >= 4 is 11.9 Å². The molecule has 2 saturated heterocycles. The number of amides is 1. The summed E-state index contributed by atoms with van der Waals surface area (Å²) in [6, 6.07) is 9.51. The Morgan fingerprint density at radius 1 is 1.11 bits per heavy atom. The van der Waals surface area contributed by atoms with Crippen molar-refractivity contribution in [3.8, 4) is 5.69 Å². The zero-order chi connectivity index (χ0) is 18.8.